The maximum atomic E-state index is 4.48. The molecule has 0 spiro atoms. The Hall–Kier alpha value is -0.0400. The highest BCUT2D eigenvalue weighted by Gasteiger charge is 2.30. The summed E-state index contributed by atoms with van der Waals surface area (Å²) in [7, 11) is 1.92. The highest BCUT2D eigenvalue weighted by atomic mass is 127. The number of rotatable bonds is 5. The largest absolute Gasteiger partial charge is 0.356 e. The molecule has 3 rings (SSSR count). The molecule has 2 aliphatic heterocycles. The van der Waals surface area contributed by atoms with Crippen LogP contribution in [0.3, 0.4) is 0 Å². The van der Waals surface area contributed by atoms with Crippen molar-refractivity contribution in [1.29, 1.82) is 0 Å². The second-order valence-corrected chi connectivity index (χ2v) is 6.69. The minimum atomic E-state index is 0. The van der Waals surface area contributed by atoms with Crippen LogP contribution in [0.1, 0.15) is 44.9 Å². The second-order valence-electron chi connectivity index (χ2n) is 6.69. The van der Waals surface area contributed by atoms with Gasteiger partial charge in [0.25, 0.3) is 0 Å². The lowest BCUT2D eigenvalue weighted by Gasteiger charge is -2.25. The molecule has 1 N–H and O–H groups in total. The van der Waals surface area contributed by atoms with Gasteiger partial charge in [-0.25, -0.2) is 0 Å². The molecular weight excluding hydrogens is 375 g/mol. The van der Waals surface area contributed by atoms with Crippen molar-refractivity contribution in [3.05, 3.63) is 0 Å². The lowest BCUT2D eigenvalue weighted by atomic mass is 10.2. The van der Waals surface area contributed by atoms with Gasteiger partial charge in [-0.15, -0.1) is 24.0 Å². The van der Waals surface area contributed by atoms with E-state index in [2.05, 4.69) is 20.1 Å². The van der Waals surface area contributed by atoms with Crippen LogP contribution in [0.2, 0.25) is 0 Å². The lowest BCUT2D eigenvalue weighted by Crippen LogP contribution is -2.43. The van der Waals surface area contributed by atoms with Gasteiger partial charge in [-0.2, -0.15) is 0 Å². The Morgan fingerprint density at radius 3 is 2.57 bits per heavy atom. The first kappa shape index (κ1) is 17.3. The van der Waals surface area contributed by atoms with Crippen LogP contribution in [-0.4, -0.2) is 61.6 Å². The van der Waals surface area contributed by atoms with E-state index in [1.165, 1.54) is 71.1 Å². The summed E-state index contributed by atoms with van der Waals surface area (Å²) < 4.78 is 0. The molecule has 3 fully saturated rings. The summed E-state index contributed by atoms with van der Waals surface area (Å²) in [5.41, 5.74) is 0. The number of hydrogen-bond acceptors (Lipinski definition) is 2. The summed E-state index contributed by atoms with van der Waals surface area (Å²) in [6, 6.07) is 0.766. The molecule has 2 saturated heterocycles. The molecule has 1 aliphatic carbocycles. The number of likely N-dealkylation sites (tertiary alicyclic amines) is 2. The van der Waals surface area contributed by atoms with E-state index in [1.807, 2.05) is 7.05 Å². The van der Waals surface area contributed by atoms with Crippen LogP contribution in [0, 0.1) is 5.92 Å². The van der Waals surface area contributed by atoms with Crippen molar-refractivity contribution in [2.45, 2.75) is 51.0 Å². The minimum Gasteiger partial charge on any atom is -0.356 e. The molecule has 4 nitrogen and oxygen atoms in total. The normalized spacial score (nSPS) is 27.0. The van der Waals surface area contributed by atoms with Crippen LogP contribution < -0.4 is 5.32 Å². The molecule has 0 radical (unpaired) electrons. The molecule has 0 aromatic heterocycles. The fraction of sp³-hybridized carbons (Fsp3) is 0.938. The number of hydrogen-bond donors (Lipinski definition) is 1. The van der Waals surface area contributed by atoms with Gasteiger partial charge >= 0.3 is 0 Å². The minimum absolute atomic E-state index is 0. The molecule has 1 saturated carbocycles. The third-order valence-electron chi connectivity index (χ3n) is 5.10. The van der Waals surface area contributed by atoms with E-state index in [-0.39, 0.29) is 24.0 Å². The Bertz CT molecular complexity index is 337. The molecule has 0 aromatic carbocycles. The highest BCUT2D eigenvalue weighted by molar-refractivity contribution is 14.0. The zero-order valence-electron chi connectivity index (χ0n) is 13.4. The van der Waals surface area contributed by atoms with Crippen LogP contribution in [-0.2, 0) is 0 Å². The molecule has 0 bridgehead atoms. The van der Waals surface area contributed by atoms with Crippen molar-refractivity contribution >= 4 is 29.9 Å². The van der Waals surface area contributed by atoms with Crippen LogP contribution in [0.25, 0.3) is 0 Å². The van der Waals surface area contributed by atoms with Gasteiger partial charge in [0.15, 0.2) is 5.96 Å². The zero-order valence-corrected chi connectivity index (χ0v) is 15.7. The maximum absolute atomic E-state index is 4.48. The molecular formula is C16H31IN4. The van der Waals surface area contributed by atoms with Gasteiger partial charge in [0.2, 0.25) is 0 Å². The van der Waals surface area contributed by atoms with Crippen molar-refractivity contribution in [2.24, 2.45) is 10.9 Å². The lowest BCUT2D eigenvalue weighted by molar-refractivity contribution is 0.249. The number of guanidine groups is 1. The molecule has 0 amide bonds. The molecule has 2 heterocycles. The topological polar surface area (TPSA) is 30.9 Å². The predicted octanol–water partition coefficient (Wildman–Crippen LogP) is 2.54. The Morgan fingerprint density at radius 1 is 1.14 bits per heavy atom. The summed E-state index contributed by atoms with van der Waals surface area (Å²) >= 11 is 0. The Kier molecular flexibility index (Phi) is 7.05. The van der Waals surface area contributed by atoms with E-state index in [4.69, 9.17) is 0 Å². The Labute approximate surface area is 146 Å². The SMILES string of the molecule is CN=C(NCCCC1CC1)N1CCC(N2CCCC2)C1.I. The third kappa shape index (κ3) is 4.98. The molecule has 1 atom stereocenters. The van der Waals surface area contributed by atoms with E-state index >= 15 is 0 Å². The van der Waals surface area contributed by atoms with Crippen molar-refractivity contribution in [2.75, 3.05) is 39.8 Å². The van der Waals surface area contributed by atoms with Crippen LogP contribution in [0.4, 0.5) is 0 Å². The van der Waals surface area contributed by atoms with E-state index < -0.39 is 0 Å². The van der Waals surface area contributed by atoms with Gasteiger partial charge in [-0.05, 0) is 51.1 Å². The van der Waals surface area contributed by atoms with E-state index in [1.54, 1.807) is 0 Å². The van der Waals surface area contributed by atoms with E-state index in [9.17, 15) is 0 Å². The summed E-state index contributed by atoms with van der Waals surface area (Å²) in [6.07, 6.45) is 9.74. The molecule has 122 valence electrons. The monoisotopic (exact) mass is 406 g/mol. The maximum Gasteiger partial charge on any atom is 0.193 e. The van der Waals surface area contributed by atoms with Crippen molar-refractivity contribution in [3.63, 3.8) is 0 Å². The van der Waals surface area contributed by atoms with E-state index in [0.29, 0.717) is 0 Å². The quantitative estimate of drug-likeness (QED) is 0.330. The van der Waals surface area contributed by atoms with Crippen molar-refractivity contribution in [1.82, 2.24) is 15.1 Å². The second kappa shape index (κ2) is 8.56. The summed E-state index contributed by atoms with van der Waals surface area (Å²) in [6.45, 7) is 6.05. The van der Waals surface area contributed by atoms with Crippen LogP contribution >= 0.6 is 24.0 Å². The summed E-state index contributed by atoms with van der Waals surface area (Å²) in [5, 5.41) is 3.56. The molecule has 5 heteroatoms. The Balaban J connectivity index is 0.00000161. The first-order chi connectivity index (χ1) is 9.86. The fourth-order valence-electron chi connectivity index (χ4n) is 3.67. The molecule has 0 aromatic rings. The molecule has 21 heavy (non-hydrogen) atoms. The van der Waals surface area contributed by atoms with E-state index in [0.717, 1.165) is 24.5 Å². The van der Waals surface area contributed by atoms with Gasteiger partial charge in [0, 0.05) is 32.7 Å². The first-order valence-corrected chi connectivity index (χ1v) is 8.56. The van der Waals surface area contributed by atoms with Crippen LogP contribution in [0.5, 0.6) is 0 Å². The van der Waals surface area contributed by atoms with Gasteiger partial charge in [0.1, 0.15) is 0 Å². The zero-order chi connectivity index (χ0) is 13.8. The number of halogens is 1. The molecule has 1 unspecified atom stereocenters. The smallest absolute Gasteiger partial charge is 0.193 e. The van der Waals surface area contributed by atoms with Crippen molar-refractivity contribution < 1.29 is 0 Å². The Morgan fingerprint density at radius 2 is 1.90 bits per heavy atom. The number of nitrogens with zero attached hydrogens (tertiary/aromatic N) is 3. The van der Waals surface area contributed by atoms with Gasteiger partial charge in [-0.3, -0.25) is 9.89 Å². The predicted molar refractivity (Wildman–Crippen MR) is 99.5 cm³/mol. The van der Waals surface area contributed by atoms with Gasteiger partial charge in [0.05, 0.1) is 0 Å². The van der Waals surface area contributed by atoms with Gasteiger partial charge in [-0.1, -0.05) is 12.8 Å². The standard InChI is InChI=1S/C16H30N4.HI/c1-17-16(18-9-4-5-14-6-7-14)20-12-8-15(13-20)19-10-2-3-11-19;/h14-15H,2-13H2,1H3,(H,17,18);1H. The van der Waals surface area contributed by atoms with Crippen molar-refractivity contribution in [3.8, 4) is 0 Å². The number of aliphatic imine (C=N–C) groups is 1. The van der Waals surface area contributed by atoms with Gasteiger partial charge < -0.3 is 10.2 Å². The average molecular weight is 406 g/mol. The summed E-state index contributed by atoms with van der Waals surface area (Å²) in [4.78, 5) is 9.62. The fourth-order valence-corrected chi connectivity index (χ4v) is 3.67. The average Bonchev–Trinajstić information content (AvgIpc) is 2.96. The highest BCUT2D eigenvalue weighted by Crippen LogP contribution is 2.33. The first-order valence-electron chi connectivity index (χ1n) is 8.56. The third-order valence-corrected chi connectivity index (χ3v) is 5.10. The van der Waals surface area contributed by atoms with Crippen LogP contribution in [0.15, 0.2) is 4.99 Å². The molecule has 3 aliphatic rings. The number of nitrogens with one attached hydrogen (secondary N) is 1. The summed E-state index contributed by atoms with van der Waals surface area (Å²) in [5.74, 6) is 2.17.